The van der Waals surface area contributed by atoms with E-state index < -0.39 is 0 Å². The molecule has 1 atom stereocenters. The van der Waals surface area contributed by atoms with Gasteiger partial charge in [-0.25, -0.2) is 0 Å². The van der Waals surface area contributed by atoms with Gasteiger partial charge >= 0.3 is 5.97 Å². The van der Waals surface area contributed by atoms with Gasteiger partial charge in [0.15, 0.2) is 0 Å². The summed E-state index contributed by atoms with van der Waals surface area (Å²) in [4.78, 5) is 10.8. The third-order valence-corrected chi connectivity index (χ3v) is 2.68. The van der Waals surface area contributed by atoms with Gasteiger partial charge in [-0.15, -0.1) is 0 Å². The van der Waals surface area contributed by atoms with Crippen LogP contribution in [0, 0.1) is 5.92 Å². The molecule has 0 amide bonds. The van der Waals surface area contributed by atoms with Crippen molar-refractivity contribution in [2.24, 2.45) is 5.92 Å². The van der Waals surface area contributed by atoms with Crippen molar-refractivity contribution in [3.8, 4) is 0 Å². The summed E-state index contributed by atoms with van der Waals surface area (Å²) in [5.74, 6) is 0.503. The second kappa shape index (κ2) is 10.9. The number of esters is 1. The number of ether oxygens (including phenoxy) is 2. The van der Waals surface area contributed by atoms with E-state index in [2.05, 4.69) is 13.8 Å². The number of rotatable bonds is 10. The fourth-order valence-corrected chi connectivity index (χ4v) is 1.46. The Kier molecular flexibility index (Phi) is 10.5. The molecule has 16 heavy (non-hydrogen) atoms. The molecule has 0 N–H and O–H groups in total. The third-order valence-electron chi connectivity index (χ3n) is 2.68. The first-order chi connectivity index (χ1) is 7.74. The molecule has 0 spiro atoms. The quantitative estimate of drug-likeness (QED) is 0.427. The summed E-state index contributed by atoms with van der Waals surface area (Å²) in [6.45, 7) is 7.89. The van der Waals surface area contributed by atoms with E-state index in [0.717, 1.165) is 13.0 Å². The lowest BCUT2D eigenvalue weighted by Gasteiger charge is -2.14. The van der Waals surface area contributed by atoms with Crippen molar-refractivity contribution in [2.75, 3.05) is 19.8 Å². The van der Waals surface area contributed by atoms with Crippen LogP contribution in [0.3, 0.4) is 0 Å². The second-order valence-corrected chi connectivity index (χ2v) is 4.07. The van der Waals surface area contributed by atoms with E-state index in [-0.39, 0.29) is 5.97 Å². The maximum Gasteiger partial charge on any atom is 0.305 e. The minimum absolute atomic E-state index is 0.151. The largest absolute Gasteiger partial charge is 0.463 e. The predicted molar refractivity (Wildman–Crippen MR) is 65.4 cm³/mol. The zero-order valence-corrected chi connectivity index (χ0v) is 11.0. The van der Waals surface area contributed by atoms with Gasteiger partial charge in [0, 0.05) is 13.0 Å². The molecule has 0 aliphatic rings. The Bertz CT molecular complexity index is 169. The van der Waals surface area contributed by atoms with E-state index in [9.17, 15) is 4.79 Å². The van der Waals surface area contributed by atoms with Gasteiger partial charge in [-0.1, -0.05) is 40.0 Å². The number of carbonyl (C=O) groups is 1. The summed E-state index contributed by atoms with van der Waals surface area (Å²) in [5.41, 5.74) is 0. The molecule has 0 rings (SSSR count). The normalized spacial score (nSPS) is 12.4. The molecule has 0 aromatic heterocycles. The summed E-state index contributed by atoms with van der Waals surface area (Å²) >= 11 is 0. The standard InChI is InChI=1S/C13H26O3/c1-4-7-8-12(5-2)11-15-9-10-16-13(14)6-3/h12H,4-11H2,1-3H3. The highest BCUT2D eigenvalue weighted by Gasteiger charge is 2.05. The molecule has 0 heterocycles. The molecule has 3 heteroatoms. The number of unbranched alkanes of at least 4 members (excludes halogenated alkanes) is 1. The molecule has 0 aromatic carbocycles. The Hall–Kier alpha value is -0.570. The number of hydrogen-bond acceptors (Lipinski definition) is 3. The van der Waals surface area contributed by atoms with Gasteiger partial charge < -0.3 is 9.47 Å². The summed E-state index contributed by atoms with van der Waals surface area (Å²) < 4.78 is 10.4. The van der Waals surface area contributed by atoms with Crippen molar-refractivity contribution in [1.82, 2.24) is 0 Å². The van der Waals surface area contributed by atoms with E-state index in [1.807, 2.05) is 0 Å². The lowest BCUT2D eigenvalue weighted by atomic mass is 10.0. The smallest absolute Gasteiger partial charge is 0.305 e. The lowest BCUT2D eigenvalue weighted by molar-refractivity contribution is -0.144. The second-order valence-electron chi connectivity index (χ2n) is 4.07. The average Bonchev–Trinajstić information content (AvgIpc) is 2.32. The van der Waals surface area contributed by atoms with Gasteiger partial charge in [0.25, 0.3) is 0 Å². The maximum absolute atomic E-state index is 10.8. The Morgan fingerprint density at radius 1 is 1.19 bits per heavy atom. The molecule has 0 aliphatic heterocycles. The molecule has 1 unspecified atom stereocenters. The number of carbonyl (C=O) groups excluding carboxylic acids is 1. The van der Waals surface area contributed by atoms with Crippen LogP contribution in [0.2, 0.25) is 0 Å². The Morgan fingerprint density at radius 3 is 2.50 bits per heavy atom. The van der Waals surface area contributed by atoms with E-state index in [4.69, 9.17) is 9.47 Å². The zero-order chi connectivity index (χ0) is 12.2. The molecular formula is C13H26O3. The molecule has 0 saturated heterocycles. The van der Waals surface area contributed by atoms with Crippen LogP contribution < -0.4 is 0 Å². The van der Waals surface area contributed by atoms with Crippen LogP contribution in [-0.4, -0.2) is 25.8 Å². The monoisotopic (exact) mass is 230 g/mol. The average molecular weight is 230 g/mol. The molecule has 0 saturated carbocycles. The van der Waals surface area contributed by atoms with Crippen LogP contribution >= 0.6 is 0 Å². The topological polar surface area (TPSA) is 35.5 Å². The highest BCUT2D eigenvalue weighted by atomic mass is 16.6. The van der Waals surface area contributed by atoms with Gasteiger partial charge in [-0.2, -0.15) is 0 Å². The third kappa shape index (κ3) is 8.72. The Labute approximate surface area is 99.5 Å². The summed E-state index contributed by atoms with van der Waals surface area (Å²) in [7, 11) is 0. The first-order valence-corrected chi connectivity index (χ1v) is 6.47. The van der Waals surface area contributed by atoms with E-state index in [0.29, 0.717) is 25.6 Å². The lowest BCUT2D eigenvalue weighted by Crippen LogP contribution is -2.14. The molecule has 96 valence electrons. The van der Waals surface area contributed by atoms with Crippen molar-refractivity contribution in [3.05, 3.63) is 0 Å². The summed E-state index contributed by atoms with van der Waals surface area (Å²) in [6.07, 6.45) is 5.35. The highest BCUT2D eigenvalue weighted by molar-refractivity contribution is 5.68. The SMILES string of the molecule is CCCCC(CC)COCCOC(=O)CC. The fourth-order valence-electron chi connectivity index (χ4n) is 1.46. The highest BCUT2D eigenvalue weighted by Crippen LogP contribution is 2.12. The summed E-state index contributed by atoms with van der Waals surface area (Å²) in [6, 6.07) is 0. The van der Waals surface area contributed by atoms with Gasteiger partial charge in [0.05, 0.1) is 6.61 Å². The van der Waals surface area contributed by atoms with Gasteiger partial charge in [-0.3, -0.25) is 4.79 Å². The molecule has 3 nitrogen and oxygen atoms in total. The Balaban J connectivity index is 3.37. The maximum atomic E-state index is 10.8. The molecule has 0 fully saturated rings. The van der Waals surface area contributed by atoms with Crippen molar-refractivity contribution in [3.63, 3.8) is 0 Å². The predicted octanol–water partition coefficient (Wildman–Crippen LogP) is 3.17. The zero-order valence-electron chi connectivity index (χ0n) is 11.0. The molecular weight excluding hydrogens is 204 g/mol. The minimum atomic E-state index is -0.151. The number of hydrogen-bond donors (Lipinski definition) is 0. The van der Waals surface area contributed by atoms with Gasteiger partial charge in [-0.05, 0) is 12.3 Å². The van der Waals surface area contributed by atoms with E-state index in [1.165, 1.54) is 19.3 Å². The molecule has 0 bridgehead atoms. The first kappa shape index (κ1) is 15.4. The summed E-state index contributed by atoms with van der Waals surface area (Å²) in [5, 5.41) is 0. The van der Waals surface area contributed by atoms with Crippen LogP contribution in [-0.2, 0) is 14.3 Å². The van der Waals surface area contributed by atoms with E-state index >= 15 is 0 Å². The molecule has 0 aliphatic carbocycles. The van der Waals surface area contributed by atoms with Crippen molar-refractivity contribution in [2.45, 2.75) is 52.9 Å². The van der Waals surface area contributed by atoms with Crippen LogP contribution in [0.25, 0.3) is 0 Å². The van der Waals surface area contributed by atoms with Crippen molar-refractivity contribution >= 4 is 5.97 Å². The van der Waals surface area contributed by atoms with Crippen molar-refractivity contribution in [1.29, 1.82) is 0 Å². The Morgan fingerprint density at radius 2 is 1.94 bits per heavy atom. The van der Waals surface area contributed by atoms with E-state index in [1.54, 1.807) is 6.92 Å². The first-order valence-electron chi connectivity index (χ1n) is 6.47. The van der Waals surface area contributed by atoms with Crippen LogP contribution in [0.15, 0.2) is 0 Å². The van der Waals surface area contributed by atoms with Gasteiger partial charge in [0.2, 0.25) is 0 Å². The fraction of sp³-hybridized carbons (Fsp3) is 0.923. The van der Waals surface area contributed by atoms with Crippen molar-refractivity contribution < 1.29 is 14.3 Å². The molecule has 0 radical (unpaired) electrons. The van der Waals surface area contributed by atoms with Crippen LogP contribution in [0.4, 0.5) is 0 Å². The van der Waals surface area contributed by atoms with Gasteiger partial charge in [0.1, 0.15) is 6.61 Å². The molecule has 0 aromatic rings. The minimum Gasteiger partial charge on any atom is -0.463 e. The van der Waals surface area contributed by atoms with Crippen LogP contribution in [0.5, 0.6) is 0 Å². The van der Waals surface area contributed by atoms with Crippen LogP contribution in [0.1, 0.15) is 52.9 Å².